The number of fused-ring (bicyclic) bond motifs is 1. The summed E-state index contributed by atoms with van der Waals surface area (Å²) in [7, 11) is 0. The molecule has 20 heavy (non-hydrogen) atoms. The van der Waals surface area contributed by atoms with Gasteiger partial charge < -0.3 is 4.74 Å². The molecule has 3 heterocycles. The Kier molecular flexibility index (Phi) is 4.32. The topological polar surface area (TPSA) is 43.6 Å². The van der Waals surface area contributed by atoms with Crippen LogP contribution in [0.2, 0.25) is 0 Å². The zero-order valence-electron chi connectivity index (χ0n) is 11.1. The van der Waals surface area contributed by atoms with Gasteiger partial charge in [-0.3, -0.25) is 4.79 Å². The first-order valence-electron chi connectivity index (χ1n) is 6.59. The van der Waals surface area contributed by atoms with Crippen molar-refractivity contribution in [3.8, 4) is 0 Å². The molecule has 1 atom stereocenters. The van der Waals surface area contributed by atoms with E-state index in [4.69, 9.17) is 4.74 Å². The van der Waals surface area contributed by atoms with Gasteiger partial charge in [-0.05, 0) is 66.3 Å². The van der Waals surface area contributed by atoms with Crippen molar-refractivity contribution >= 4 is 45.7 Å². The predicted molar refractivity (Wildman–Crippen MR) is 87.6 cm³/mol. The van der Waals surface area contributed by atoms with Crippen molar-refractivity contribution in [2.24, 2.45) is 0 Å². The lowest BCUT2D eigenvalue weighted by Crippen LogP contribution is -2.28. The molecule has 6 heteroatoms. The molecule has 0 spiro atoms. The monoisotopic (exact) mass is 402 g/mol. The van der Waals surface area contributed by atoms with Crippen LogP contribution in [0, 0.1) is 3.70 Å². The molecule has 0 saturated carbocycles. The van der Waals surface area contributed by atoms with E-state index in [1.165, 1.54) is 0 Å². The minimum absolute atomic E-state index is 0.0821. The van der Waals surface area contributed by atoms with E-state index in [9.17, 15) is 4.79 Å². The maximum Gasteiger partial charge on any atom is 0.193 e. The van der Waals surface area contributed by atoms with Gasteiger partial charge in [-0.25, -0.2) is 4.52 Å². The molecule has 1 aliphatic heterocycles. The van der Waals surface area contributed by atoms with Gasteiger partial charge in [0.05, 0.1) is 5.52 Å². The molecule has 2 aromatic rings. The smallest absolute Gasteiger partial charge is 0.193 e. The van der Waals surface area contributed by atoms with Crippen LogP contribution in [0.5, 0.6) is 0 Å². The van der Waals surface area contributed by atoms with Gasteiger partial charge in [-0.15, -0.1) is 11.8 Å². The summed E-state index contributed by atoms with van der Waals surface area (Å²) in [6.07, 6.45) is 4.63. The summed E-state index contributed by atoms with van der Waals surface area (Å²) in [5.74, 6) is 0.0821. The van der Waals surface area contributed by atoms with Crippen LogP contribution in [0.4, 0.5) is 0 Å². The van der Waals surface area contributed by atoms with Crippen molar-refractivity contribution in [2.45, 2.75) is 30.4 Å². The summed E-state index contributed by atoms with van der Waals surface area (Å²) in [6, 6.07) is 5.80. The molecule has 0 radical (unpaired) electrons. The number of Topliss-reactive ketones (excluding diaryl/α,β-unsaturated/α-hetero) is 1. The summed E-state index contributed by atoms with van der Waals surface area (Å²) in [5, 5.41) is 5.42. The summed E-state index contributed by atoms with van der Waals surface area (Å²) in [6.45, 7) is 0.687. The molecule has 2 aromatic heterocycles. The molecule has 1 aliphatic rings. The van der Waals surface area contributed by atoms with Crippen LogP contribution >= 0.6 is 34.4 Å². The van der Waals surface area contributed by atoms with E-state index in [1.54, 1.807) is 11.8 Å². The first kappa shape index (κ1) is 14.3. The second kappa shape index (κ2) is 6.03. The normalized spacial score (nSPS) is 19.4. The minimum Gasteiger partial charge on any atom is -0.370 e. The number of hydrogen-bond acceptors (Lipinski definition) is 4. The van der Waals surface area contributed by atoms with Crippen LogP contribution in [0.1, 0.15) is 29.6 Å². The maximum absolute atomic E-state index is 12.6. The van der Waals surface area contributed by atoms with E-state index in [-0.39, 0.29) is 11.9 Å². The average molecular weight is 402 g/mol. The number of nitrogens with zero attached hydrogens (tertiary/aromatic N) is 2. The minimum atomic E-state index is -0.291. The molecular weight excluding hydrogens is 387 g/mol. The van der Waals surface area contributed by atoms with E-state index in [1.807, 2.05) is 29.0 Å². The summed E-state index contributed by atoms with van der Waals surface area (Å²) >= 11 is 3.81. The van der Waals surface area contributed by atoms with E-state index >= 15 is 0 Å². The number of halogens is 1. The zero-order chi connectivity index (χ0) is 14.1. The largest absolute Gasteiger partial charge is 0.370 e. The fourth-order valence-electron chi connectivity index (χ4n) is 2.45. The Bertz CT molecular complexity index is 650. The second-order valence-electron chi connectivity index (χ2n) is 4.77. The fourth-order valence-corrected chi connectivity index (χ4v) is 3.39. The van der Waals surface area contributed by atoms with Gasteiger partial charge >= 0.3 is 0 Å². The highest BCUT2D eigenvalue weighted by Gasteiger charge is 2.25. The number of thioether (sulfide) groups is 1. The Labute approximate surface area is 135 Å². The van der Waals surface area contributed by atoms with E-state index < -0.39 is 0 Å². The SMILES string of the molecule is CSc1cc2c(C(=O)C3CCCCO3)ccc(I)n2n1. The highest BCUT2D eigenvalue weighted by Crippen LogP contribution is 2.24. The summed E-state index contributed by atoms with van der Waals surface area (Å²) < 4.78 is 8.45. The molecule has 0 bridgehead atoms. The van der Waals surface area contributed by atoms with Gasteiger partial charge in [-0.2, -0.15) is 5.10 Å². The fraction of sp³-hybridized carbons (Fsp3) is 0.429. The lowest BCUT2D eigenvalue weighted by molar-refractivity contribution is 0.0187. The Hall–Kier alpha value is -0.600. The number of carbonyl (C=O) groups excluding carboxylic acids is 1. The second-order valence-corrected chi connectivity index (χ2v) is 6.70. The van der Waals surface area contributed by atoms with E-state index in [0.29, 0.717) is 12.2 Å². The Balaban J connectivity index is 2.04. The average Bonchev–Trinajstić information content (AvgIpc) is 2.93. The standard InChI is InChI=1S/C14H15IN2O2S/c1-20-13-8-10-9(5-6-12(15)17(10)16-13)14(18)11-4-2-3-7-19-11/h5-6,8,11H,2-4,7H2,1H3. The first-order valence-corrected chi connectivity index (χ1v) is 8.89. The molecule has 106 valence electrons. The van der Waals surface area contributed by atoms with Crippen molar-refractivity contribution < 1.29 is 9.53 Å². The van der Waals surface area contributed by atoms with Gasteiger partial charge in [0.25, 0.3) is 0 Å². The van der Waals surface area contributed by atoms with Gasteiger partial charge in [0.1, 0.15) is 14.8 Å². The van der Waals surface area contributed by atoms with Crippen molar-refractivity contribution in [3.05, 3.63) is 27.5 Å². The van der Waals surface area contributed by atoms with Crippen LogP contribution in [0.25, 0.3) is 5.52 Å². The highest BCUT2D eigenvalue weighted by atomic mass is 127. The quantitative estimate of drug-likeness (QED) is 0.342. The number of ether oxygens (including phenoxy) is 1. The Morgan fingerprint density at radius 2 is 2.35 bits per heavy atom. The number of hydrogen-bond donors (Lipinski definition) is 0. The predicted octanol–water partition coefficient (Wildman–Crippen LogP) is 3.41. The molecule has 0 amide bonds. The van der Waals surface area contributed by atoms with E-state index in [2.05, 4.69) is 27.7 Å². The van der Waals surface area contributed by atoms with E-state index in [0.717, 1.165) is 33.5 Å². The summed E-state index contributed by atoms with van der Waals surface area (Å²) in [4.78, 5) is 12.6. The molecule has 0 N–H and O–H groups in total. The van der Waals surface area contributed by atoms with Gasteiger partial charge in [-0.1, -0.05) is 0 Å². The molecular formula is C14H15IN2O2S. The molecule has 1 unspecified atom stereocenters. The van der Waals surface area contributed by atoms with Crippen molar-refractivity contribution in [2.75, 3.05) is 12.9 Å². The Morgan fingerprint density at radius 1 is 1.50 bits per heavy atom. The lowest BCUT2D eigenvalue weighted by Gasteiger charge is -2.21. The molecule has 4 nitrogen and oxygen atoms in total. The van der Waals surface area contributed by atoms with Gasteiger partial charge in [0.2, 0.25) is 0 Å². The third kappa shape index (κ3) is 2.60. The van der Waals surface area contributed by atoms with Gasteiger partial charge in [0.15, 0.2) is 5.78 Å². The lowest BCUT2D eigenvalue weighted by atomic mass is 10.00. The zero-order valence-corrected chi connectivity index (χ0v) is 14.1. The third-order valence-electron chi connectivity index (χ3n) is 3.50. The van der Waals surface area contributed by atoms with Crippen molar-refractivity contribution in [1.29, 1.82) is 0 Å². The molecule has 0 aliphatic carbocycles. The number of aromatic nitrogens is 2. The third-order valence-corrected chi connectivity index (χ3v) is 4.93. The maximum atomic E-state index is 12.6. The van der Waals surface area contributed by atoms with Crippen molar-refractivity contribution in [3.63, 3.8) is 0 Å². The van der Waals surface area contributed by atoms with Crippen LogP contribution < -0.4 is 0 Å². The number of ketones is 1. The Morgan fingerprint density at radius 3 is 3.05 bits per heavy atom. The van der Waals surface area contributed by atoms with Crippen LogP contribution in [0.3, 0.4) is 0 Å². The highest BCUT2D eigenvalue weighted by molar-refractivity contribution is 14.1. The summed E-state index contributed by atoms with van der Waals surface area (Å²) in [5.41, 5.74) is 1.59. The van der Waals surface area contributed by atoms with Crippen LogP contribution in [-0.2, 0) is 4.74 Å². The number of rotatable bonds is 3. The van der Waals surface area contributed by atoms with Crippen LogP contribution in [-0.4, -0.2) is 34.4 Å². The van der Waals surface area contributed by atoms with Gasteiger partial charge in [0, 0.05) is 12.2 Å². The molecule has 1 fully saturated rings. The number of pyridine rings is 1. The molecule has 1 saturated heterocycles. The van der Waals surface area contributed by atoms with Crippen molar-refractivity contribution in [1.82, 2.24) is 9.61 Å². The molecule has 3 rings (SSSR count). The first-order chi connectivity index (χ1) is 9.70. The molecule has 0 aromatic carbocycles. The number of carbonyl (C=O) groups is 1. The van der Waals surface area contributed by atoms with Crippen LogP contribution in [0.15, 0.2) is 23.2 Å².